The summed E-state index contributed by atoms with van der Waals surface area (Å²) in [5, 5.41) is 22.2. The third kappa shape index (κ3) is 6.74. The fourth-order valence-electron chi connectivity index (χ4n) is 1.92. The molecule has 11 nitrogen and oxygen atoms in total. The van der Waals surface area contributed by atoms with E-state index in [9.17, 15) is 5.11 Å². The standard InChI is InChI=1S/C11H13N9O2.C5H5.Fe/c1-10(2,7-15-18-12)11(16-19-13,17-20-14)22-9(21)8-5-3-4-6-8;1-2-4-5-3-1;/h3-6,21H,7H2,1-2H3;1-5H;/q;-1;+2/p-1. The van der Waals surface area contributed by atoms with Gasteiger partial charge in [-0.1, -0.05) is 53.5 Å². The Morgan fingerprint density at radius 3 is 2.00 bits per heavy atom. The maximum absolute atomic E-state index is 12.1. The molecule has 0 heterocycles. The van der Waals surface area contributed by atoms with Gasteiger partial charge in [0, 0.05) is 21.3 Å². The van der Waals surface area contributed by atoms with Gasteiger partial charge in [0.1, 0.15) is 0 Å². The zero-order valence-electron chi connectivity index (χ0n) is 15.1. The van der Waals surface area contributed by atoms with E-state index in [1.54, 1.807) is 12.2 Å². The van der Waals surface area contributed by atoms with Crippen LogP contribution in [0.1, 0.15) is 13.8 Å². The topological polar surface area (TPSA) is 179 Å². The number of nitrogens with zero attached hydrogens (tertiary/aromatic N) is 9. The summed E-state index contributed by atoms with van der Waals surface area (Å²) in [5.41, 5.74) is 24.8. The molecular formula is C16H17FeN9O2. The number of allylic oxidation sites excluding steroid dienone is 5. The molecule has 0 bridgehead atoms. The summed E-state index contributed by atoms with van der Waals surface area (Å²) in [6, 6.07) is 10.0. The molecule has 1 aromatic carbocycles. The van der Waals surface area contributed by atoms with Crippen LogP contribution in [-0.4, -0.2) is 12.4 Å². The van der Waals surface area contributed by atoms with Gasteiger partial charge >= 0.3 is 17.1 Å². The Bertz CT molecular complexity index is 805. The van der Waals surface area contributed by atoms with Crippen LogP contribution in [0, 0.1) is 5.41 Å². The largest absolute Gasteiger partial charge is 2.00 e. The van der Waals surface area contributed by atoms with E-state index in [0.29, 0.717) is 0 Å². The second kappa shape index (κ2) is 12.1. The fourth-order valence-corrected chi connectivity index (χ4v) is 1.92. The van der Waals surface area contributed by atoms with Crippen LogP contribution in [0.2, 0.25) is 0 Å². The third-order valence-electron chi connectivity index (χ3n) is 3.46. The molecule has 2 rings (SSSR count). The molecule has 0 unspecified atom stereocenters. The summed E-state index contributed by atoms with van der Waals surface area (Å²) >= 11 is 0. The molecule has 0 aliphatic heterocycles. The molecule has 0 saturated carbocycles. The maximum Gasteiger partial charge on any atom is 2.00 e. The van der Waals surface area contributed by atoms with Crippen molar-refractivity contribution in [2.45, 2.75) is 19.7 Å². The Morgan fingerprint density at radius 1 is 1.07 bits per heavy atom. The Balaban J connectivity index is 0.00000105. The molecule has 0 aromatic heterocycles. The van der Waals surface area contributed by atoms with Crippen LogP contribution in [0.5, 0.6) is 0 Å². The Morgan fingerprint density at radius 2 is 1.61 bits per heavy atom. The molecule has 28 heavy (non-hydrogen) atoms. The van der Waals surface area contributed by atoms with Gasteiger partial charge in [-0.25, -0.2) is 12.1 Å². The predicted molar refractivity (Wildman–Crippen MR) is 97.2 cm³/mol. The summed E-state index contributed by atoms with van der Waals surface area (Å²) in [6.07, 6.45) is 6.20. The second-order valence-corrected chi connectivity index (χ2v) is 5.79. The van der Waals surface area contributed by atoms with E-state index in [2.05, 4.69) is 30.1 Å². The van der Waals surface area contributed by atoms with E-state index >= 15 is 0 Å². The minimum Gasteiger partial charge on any atom is -0.596 e. The summed E-state index contributed by atoms with van der Waals surface area (Å²) < 4.78 is 5.16. The van der Waals surface area contributed by atoms with Crippen LogP contribution in [0.4, 0.5) is 0 Å². The van der Waals surface area contributed by atoms with Crippen molar-refractivity contribution in [3.8, 4) is 0 Å². The first-order chi connectivity index (χ1) is 12.9. The van der Waals surface area contributed by atoms with Crippen molar-refractivity contribution in [1.82, 2.24) is 0 Å². The van der Waals surface area contributed by atoms with E-state index in [0.717, 1.165) is 0 Å². The SMILES string of the molecule is CC(C)(CN=[N+]=[N-])C(N=[N+]=[N-])(N=[N+]=[N-])OC([O-])=C1C=CC=C1.[Fe+2].c1cc[cH-]c1. The normalized spacial score (nSPS) is 13.3. The van der Waals surface area contributed by atoms with Gasteiger partial charge in [0.05, 0.1) is 5.95 Å². The molecule has 1 aliphatic rings. The average Bonchev–Trinajstić information content (AvgIpc) is 3.36. The number of hydrogen-bond acceptors (Lipinski definition) is 5. The van der Waals surface area contributed by atoms with Crippen LogP contribution < -0.4 is 5.11 Å². The number of hydrogen-bond donors (Lipinski definition) is 0. The first-order valence-electron chi connectivity index (χ1n) is 7.67. The number of ether oxygens (including phenoxy) is 1. The Kier molecular flexibility index (Phi) is 10.6. The number of azide groups is 2. The summed E-state index contributed by atoms with van der Waals surface area (Å²) in [4.78, 5) is 7.77. The smallest absolute Gasteiger partial charge is 0.596 e. The van der Waals surface area contributed by atoms with Crippen molar-refractivity contribution >= 4 is 0 Å². The van der Waals surface area contributed by atoms with Crippen LogP contribution in [0.3, 0.4) is 0 Å². The molecule has 0 spiro atoms. The summed E-state index contributed by atoms with van der Waals surface area (Å²) in [6.45, 7) is 2.72. The van der Waals surface area contributed by atoms with Gasteiger partial charge in [0.15, 0.2) is 5.85 Å². The molecule has 0 N–H and O–H groups in total. The van der Waals surface area contributed by atoms with Crippen LogP contribution >= 0.6 is 0 Å². The first-order valence-corrected chi connectivity index (χ1v) is 7.67. The van der Waals surface area contributed by atoms with Gasteiger partial charge in [0.25, 0.3) is 0 Å². The molecule has 0 atom stereocenters. The molecule has 0 radical (unpaired) electrons. The minimum absolute atomic E-state index is 0. The van der Waals surface area contributed by atoms with Crippen LogP contribution in [0.25, 0.3) is 31.3 Å². The summed E-state index contributed by atoms with van der Waals surface area (Å²) in [7, 11) is 0. The fraction of sp³-hybridized carbons (Fsp3) is 0.312. The second-order valence-electron chi connectivity index (χ2n) is 5.79. The zero-order chi connectivity index (χ0) is 20.2. The van der Waals surface area contributed by atoms with E-state index in [-0.39, 0.29) is 29.2 Å². The van der Waals surface area contributed by atoms with Gasteiger partial charge in [-0.2, -0.15) is 18.2 Å². The zero-order valence-corrected chi connectivity index (χ0v) is 16.2. The van der Waals surface area contributed by atoms with E-state index in [1.165, 1.54) is 26.0 Å². The van der Waals surface area contributed by atoms with Crippen molar-refractivity contribution in [1.29, 1.82) is 0 Å². The van der Waals surface area contributed by atoms with Crippen molar-refractivity contribution in [3.05, 3.63) is 97.5 Å². The van der Waals surface area contributed by atoms with Gasteiger partial charge < -0.3 is 9.84 Å². The van der Waals surface area contributed by atoms with Crippen LogP contribution in [-0.2, 0) is 21.8 Å². The molecule has 1 aromatic rings. The molecule has 1 aliphatic carbocycles. The van der Waals surface area contributed by atoms with E-state index < -0.39 is 17.2 Å². The maximum atomic E-state index is 12.1. The molecule has 0 amide bonds. The van der Waals surface area contributed by atoms with E-state index in [4.69, 9.17) is 21.3 Å². The van der Waals surface area contributed by atoms with Gasteiger partial charge in [0.2, 0.25) is 0 Å². The Labute approximate surface area is 171 Å². The van der Waals surface area contributed by atoms with Crippen LogP contribution in [0.15, 0.2) is 81.5 Å². The average molecular weight is 423 g/mol. The number of rotatable bonds is 7. The molecule has 12 heteroatoms. The van der Waals surface area contributed by atoms with Gasteiger partial charge in [-0.3, -0.25) is 0 Å². The third-order valence-corrected chi connectivity index (χ3v) is 3.46. The molecule has 0 saturated heterocycles. The van der Waals surface area contributed by atoms with Crippen molar-refractivity contribution in [2.75, 3.05) is 6.54 Å². The predicted octanol–water partition coefficient (Wildman–Crippen LogP) is 4.71. The first kappa shape index (κ1) is 24.6. The van der Waals surface area contributed by atoms with E-state index in [1.807, 2.05) is 30.3 Å². The van der Waals surface area contributed by atoms with Gasteiger partial charge in [-0.05, 0) is 27.6 Å². The van der Waals surface area contributed by atoms with Crippen molar-refractivity contribution in [2.24, 2.45) is 20.8 Å². The summed E-state index contributed by atoms with van der Waals surface area (Å²) in [5.74, 6) is -3.04. The van der Waals surface area contributed by atoms with Crippen molar-refractivity contribution < 1.29 is 26.9 Å². The van der Waals surface area contributed by atoms with Gasteiger partial charge in [-0.15, -0.1) is 0 Å². The Hall–Kier alpha value is -3.38. The quantitative estimate of drug-likeness (QED) is 0.154. The molecule has 0 fully saturated rings. The molecule has 146 valence electrons. The van der Waals surface area contributed by atoms with Crippen molar-refractivity contribution in [3.63, 3.8) is 0 Å². The molecular weight excluding hydrogens is 406 g/mol. The monoisotopic (exact) mass is 423 g/mol. The minimum atomic E-state index is -2.21.